The number of para-hydroxylation sites is 1. The summed E-state index contributed by atoms with van der Waals surface area (Å²) in [6.45, 7) is 3.89. The number of rotatable bonds is 5. The predicted molar refractivity (Wildman–Crippen MR) is 115 cm³/mol. The van der Waals surface area contributed by atoms with Gasteiger partial charge in [-0.15, -0.1) is 5.10 Å². The fourth-order valence-corrected chi connectivity index (χ4v) is 4.08. The first-order valence-corrected chi connectivity index (χ1v) is 10.3. The molecule has 29 heavy (non-hydrogen) atoms. The molecule has 0 aliphatic carbocycles. The molecule has 0 saturated carbocycles. The van der Waals surface area contributed by atoms with Gasteiger partial charge in [-0.1, -0.05) is 54.6 Å². The number of nitrogens with one attached hydrogen (secondary N) is 1. The van der Waals surface area contributed by atoms with Crippen LogP contribution >= 0.6 is 23.4 Å². The van der Waals surface area contributed by atoms with Crippen molar-refractivity contribution in [1.29, 1.82) is 0 Å². The van der Waals surface area contributed by atoms with Crippen LogP contribution in [0.5, 0.6) is 0 Å². The summed E-state index contributed by atoms with van der Waals surface area (Å²) >= 11 is 7.67. The van der Waals surface area contributed by atoms with Crippen LogP contribution in [0.2, 0.25) is 5.02 Å². The fraction of sp³-hybridized carbons (Fsp3) is 0.143. The summed E-state index contributed by atoms with van der Waals surface area (Å²) in [5.74, 6) is 0.976. The Balaban J connectivity index is 1.69. The molecule has 2 heterocycles. The lowest BCUT2D eigenvalue weighted by molar-refractivity contribution is 0.102. The number of benzene rings is 2. The summed E-state index contributed by atoms with van der Waals surface area (Å²) in [5, 5.41) is 8.71. The molecule has 4 rings (SSSR count). The summed E-state index contributed by atoms with van der Waals surface area (Å²) in [5.41, 5.74) is 2.06. The van der Waals surface area contributed by atoms with Gasteiger partial charge in [-0.25, -0.2) is 4.98 Å². The molecule has 0 aliphatic heterocycles. The van der Waals surface area contributed by atoms with E-state index in [1.165, 1.54) is 11.8 Å². The van der Waals surface area contributed by atoms with Crippen molar-refractivity contribution in [3.05, 3.63) is 76.7 Å². The number of carbonyl (C=O) groups excluding carboxylic acids is 1. The second-order valence-electron chi connectivity index (χ2n) is 6.34. The van der Waals surface area contributed by atoms with E-state index in [2.05, 4.69) is 20.4 Å². The Labute approximate surface area is 177 Å². The molecule has 0 atom stereocenters. The quantitative estimate of drug-likeness (QED) is 0.454. The molecule has 0 fully saturated rings. The SMILES string of the molecule is CCc1cc(Sc2ccccc2NC(=O)c2ccccc2Cl)n2nc(C)nc2n1. The lowest BCUT2D eigenvalue weighted by Gasteiger charge is -2.12. The molecule has 6 nitrogen and oxygen atoms in total. The zero-order valence-corrected chi connectivity index (χ0v) is 17.5. The molecule has 0 radical (unpaired) electrons. The topological polar surface area (TPSA) is 72.2 Å². The number of aromatic nitrogens is 4. The Morgan fingerprint density at radius 1 is 1.14 bits per heavy atom. The van der Waals surface area contributed by atoms with Gasteiger partial charge < -0.3 is 5.32 Å². The second-order valence-corrected chi connectivity index (χ2v) is 7.81. The van der Waals surface area contributed by atoms with Crippen LogP contribution in [0, 0.1) is 6.92 Å². The summed E-state index contributed by atoms with van der Waals surface area (Å²) in [4.78, 5) is 22.5. The third kappa shape index (κ3) is 4.11. The number of fused-ring (bicyclic) bond motifs is 1. The molecule has 0 bridgehead atoms. The Kier molecular flexibility index (Phi) is 5.51. The number of amides is 1. The molecule has 1 amide bonds. The van der Waals surface area contributed by atoms with E-state index in [1.807, 2.05) is 44.2 Å². The molecule has 8 heteroatoms. The van der Waals surface area contributed by atoms with E-state index in [1.54, 1.807) is 28.8 Å². The van der Waals surface area contributed by atoms with Gasteiger partial charge in [0.15, 0.2) is 0 Å². The molecule has 0 saturated heterocycles. The Morgan fingerprint density at radius 2 is 1.90 bits per heavy atom. The highest BCUT2D eigenvalue weighted by Crippen LogP contribution is 2.34. The average Bonchev–Trinajstić information content (AvgIpc) is 3.10. The van der Waals surface area contributed by atoms with E-state index < -0.39 is 0 Å². The molecule has 2 aromatic carbocycles. The van der Waals surface area contributed by atoms with Crippen LogP contribution < -0.4 is 5.32 Å². The van der Waals surface area contributed by atoms with Crippen molar-refractivity contribution < 1.29 is 4.79 Å². The van der Waals surface area contributed by atoms with Crippen LogP contribution in [0.1, 0.15) is 28.8 Å². The molecule has 1 N–H and O–H groups in total. The van der Waals surface area contributed by atoms with Crippen LogP contribution in [0.25, 0.3) is 5.78 Å². The molecule has 0 aliphatic rings. The van der Waals surface area contributed by atoms with Crippen molar-refractivity contribution in [2.75, 3.05) is 5.32 Å². The van der Waals surface area contributed by atoms with Gasteiger partial charge in [0, 0.05) is 10.6 Å². The zero-order valence-electron chi connectivity index (χ0n) is 15.9. The Hall–Kier alpha value is -2.90. The second kappa shape index (κ2) is 8.23. The number of carbonyl (C=O) groups is 1. The first kappa shape index (κ1) is 19.4. The highest BCUT2D eigenvalue weighted by atomic mass is 35.5. The summed E-state index contributed by atoms with van der Waals surface area (Å²) in [6.07, 6.45) is 0.793. The molecule has 0 spiro atoms. The highest BCUT2D eigenvalue weighted by Gasteiger charge is 2.15. The van der Waals surface area contributed by atoms with Crippen LogP contribution in [0.3, 0.4) is 0 Å². The van der Waals surface area contributed by atoms with Gasteiger partial charge in [0.2, 0.25) is 0 Å². The monoisotopic (exact) mass is 423 g/mol. The van der Waals surface area contributed by atoms with Crippen LogP contribution in [0.15, 0.2) is 64.5 Å². The lowest BCUT2D eigenvalue weighted by atomic mass is 10.2. The van der Waals surface area contributed by atoms with E-state index >= 15 is 0 Å². The average molecular weight is 424 g/mol. The van der Waals surface area contributed by atoms with Gasteiger partial charge in [-0.05, 0) is 43.7 Å². The van der Waals surface area contributed by atoms with Crippen molar-refractivity contribution in [3.8, 4) is 0 Å². The van der Waals surface area contributed by atoms with Gasteiger partial charge >= 0.3 is 0 Å². The van der Waals surface area contributed by atoms with E-state index in [4.69, 9.17) is 11.6 Å². The first-order valence-electron chi connectivity index (χ1n) is 9.11. The van der Waals surface area contributed by atoms with Crippen LogP contribution in [-0.2, 0) is 6.42 Å². The van der Waals surface area contributed by atoms with Gasteiger partial charge in [0.1, 0.15) is 10.9 Å². The Bertz CT molecular complexity index is 1210. The molecule has 4 aromatic rings. The van der Waals surface area contributed by atoms with E-state index in [9.17, 15) is 4.79 Å². The third-order valence-electron chi connectivity index (χ3n) is 4.27. The molecule has 146 valence electrons. The molecular formula is C21H18ClN5OS. The number of nitrogens with zero attached hydrogens (tertiary/aromatic N) is 4. The number of hydrogen-bond donors (Lipinski definition) is 1. The van der Waals surface area contributed by atoms with Crippen molar-refractivity contribution in [2.45, 2.75) is 30.2 Å². The predicted octanol–water partition coefficient (Wildman–Crippen LogP) is 5.05. The van der Waals surface area contributed by atoms with Gasteiger partial charge in [-0.3, -0.25) is 4.79 Å². The Morgan fingerprint density at radius 3 is 2.69 bits per heavy atom. The minimum Gasteiger partial charge on any atom is -0.321 e. The van der Waals surface area contributed by atoms with Crippen molar-refractivity contribution >= 4 is 40.7 Å². The normalized spacial score (nSPS) is 11.0. The van der Waals surface area contributed by atoms with Gasteiger partial charge in [-0.2, -0.15) is 9.50 Å². The number of halogens is 1. The third-order valence-corrected chi connectivity index (χ3v) is 5.67. The molecule has 2 aromatic heterocycles. The van der Waals surface area contributed by atoms with Crippen molar-refractivity contribution in [2.24, 2.45) is 0 Å². The summed E-state index contributed by atoms with van der Waals surface area (Å²) < 4.78 is 1.73. The largest absolute Gasteiger partial charge is 0.321 e. The zero-order chi connectivity index (χ0) is 20.4. The number of anilines is 1. The van der Waals surface area contributed by atoms with Gasteiger partial charge in [0.05, 0.1) is 16.3 Å². The fourth-order valence-electron chi connectivity index (χ4n) is 2.85. The molecular weight excluding hydrogens is 406 g/mol. The van der Waals surface area contributed by atoms with E-state index in [-0.39, 0.29) is 5.91 Å². The first-order chi connectivity index (χ1) is 14.0. The summed E-state index contributed by atoms with van der Waals surface area (Å²) in [6, 6.07) is 16.6. The molecule has 0 unspecified atom stereocenters. The standard InChI is InChI=1S/C21H18ClN5OS/c1-3-14-12-19(27-21(24-14)23-13(2)26-27)29-18-11-7-6-10-17(18)25-20(28)15-8-4-5-9-16(15)22/h4-12H,3H2,1-2H3,(H,25,28). The minimum atomic E-state index is -0.255. The highest BCUT2D eigenvalue weighted by molar-refractivity contribution is 7.99. The summed E-state index contributed by atoms with van der Waals surface area (Å²) in [7, 11) is 0. The van der Waals surface area contributed by atoms with E-state index in [0.717, 1.165) is 22.0 Å². The van der Waals surface area contributed by atoms with Crippen molar-refractivity contribution in [3.63, 3.8) is 0 Å². The van der Waals surface area contributed by atoms with Crippen molar-refractivity contribution in [1.82, 2.24) is 19.6 Å². The maximum atomic E-state index is 12.7. The van der Waals surface area contributed by atoms with Gasteiger partial charge in [0.25, 0.3) is 11.7 Å². The maximum Gasteiger partial charge on any atom is 0.257 e. The maximum absolute atomic E-state index is 12.7. The number of hydrogen-bond acceptors (Lipinski definition) is 5. The number of aryl methyl sites for hydroxylation is 2. The van der Waals surface area contributed by atoms with Crippen LogP contribution in [-0.4, -0.2) is 25.5 Å². The van der Waals surface area contributed by atoms with Crippen LogP contribution in [0.4, 0.5) is 5.69 Å². The lowest BCUT2D eigenvalue weighted by Crippen LogP contribution is -2.13. The van der Waals surface area contributed by atoms with E-state index in [0.29, 0.717) is 27.9 Å². The smallest absolute Gasteiger partial charge is 0.257 e. The minimum absolute atomic E-state index is 0.255.